The molecule has 0 bridgehead atoms. The van der Waals surface area contributed by atoms with Gasteiger partial charge in [0.2, 0.25) is 15.9 Å². The number of thiophene rings is 1. The fourth-order valence-electron chi connectivity index (χ4n) is 4.04. The van der Waals surface area contributed by atoms with Crippen LogP contribution in [0.1, 0.15) is 41.9 Å². The Hall–Kier alpha value is -2.23. The van der Waals surface area contributed by atoms with Gasteiger partial charge in [0.05, 0.1) is 9.77 Å². The van der Waals surface area contributed by atoms with Crippen LogP contribution in [0.15, 0.2) is 46.7 Å². The lowest BCUT2D eigenvalue weighted by Crippen LogP contribution is -2.54. The standard InChI is InChI=1S/C23H31N3O4S2/c1-4-25(5-2)23(28)21(24-22(27)20-7-6-16-31-20)18-12-14-26(15-13-18)32(29,30)19-10-8-17(3)9-11-19/h6-11,16,18,21H,4-5,12-15H2,1-3H3,(H,24,27)/t21-/m1/s1. The number of nitrogens with zero attached hydrogens (tertiary/aromatic N) is 2. The minimum absolute atomic E-state index is 0.111. The van der Waals surface area contributed by atoms with E-state index in [0.29, 0.717) is 43.9 Å². The van der Waals surface area contributed by atoms with Crippen molar-refractivity contribution >= 4 is 33.2 Å². The highest BCUT2D eigenvalue weighted by molar-refractivity contribution is 7.89. The Labute approximate surface area is 194 Å². The second kappa shape index (κ2) is 10.6. The maximum atomic E-state index is 13.2. The Kier molecular flexibility index (Phi) is 8.08. The summed E-state index contributed by atoms with van der Waals surface area (Å²) in [5, 5.41) is 4.77. The molecule has 0 aliphatic carbocycles. The largest absolute Gasteiger partial charge is 0.341 e. The van der Waals surface area contributed by atoms with Gasteiger partial charge in [-0.3, -0.25) is 9.59 Å². The van der Waals surface area contributed by atoms with Gasteiger partial charge in [-0.05, 0) is 63.1 Å². The predicted molar refractivity (Wildman–Crippen MR) is 126 cm³/mol. The van der Waals surface area contributed by atoms with Gasteiger partial charge in [-0.15, -0.1) is 11.3 Å². The Morgan fingerprint density at radius 2 is 1.75 bits per heavy atom. The maximum absolute atomic E-state index is 13.2. The molecule has 2 amide bonds. The summed E-state index contributed by atoms with van der Waals surface area (Å²) in [6, 6.07) is 9.70. The molecule has 0 spiro atoms. The van der Waals surface area contributed by atoms with E-state index in [0.717, 1.165) is 5.56 Å². The lowest BCUT2D eigenvalue weighted by molar-refractivity contribution is -0.134. The molecule has 1 N–H and O–H groups in total. The number of carbonyl (C=O) groups excluding carboxylic acids is 2. The summed E-state index contributed by atoms with van der Waals surface area (Å²) in [7, 11) is -3.58. The Bertz CT molecular complexity index is 1010. The van der Waals surface area contributed by atoms with E-state index in [4.69, 9.17) is 0 Å². The zero-order valence-corrected chi connectivity index (χ0v) is 20.4. The van der Waals surface area contributed by atoms with Crippen LogP contribution in [0.4, 0.5) is 0 Å². The zero-order valence-electron chi connectivity index (χ0n) is 18.8. The summed E-state index contributed by atoms with van der Waals surface area (Å²) in [5.74, 6) is -0.503. The Morgan fingerprint density at radius 3 is 2.28 bits per heavy atom. The number of sulfonamides is 1. The molecule has 1 aromatic carbocycles. The fourth-order valence-corrected chi connectivity index (χ4v) is 6.14. The monoisotopic (exact) mass is 477 g/mol. The summed E-state index contributed by atoms with van der Waals surface area (Å²) in [5.41, 5.74) is 1.00. The van der Waals surface area contributed by atoms with E-state index in [1.807, 2.05) is 26.2 Å². The third-order valence-electron chi connectivity index (χ3n) is 6.00. The van der Waals surface area contributed by atoms with Crippen LogP contribution in [0.25, 0.3) is 0 Å². The van der Waals surface area contributed by atoms with E-state index < -0.39 is 16.1 Å². The number of benzene rings is 1. The van der Waals surface area contributed by atoms with Crippen molar-refractivity contribution in [3.05, 3.63) is 52.2 Å². The third kappa shape index (κ3) is 5.39. The van der Waals surface area contributed by atoms with Crippen molar-refractivity contribution in [3.8, 4) is 0 Å². The number of amides is 2. The van der Waals surface area contributed by atoms with Gasteiger partial charge in [0.25, 0.3) is 5.91 Å². The minimum atomic E-state index is -3.58. The molecular formula is C23H31N3O4S2. The molecule has 1 saturated heterocycles. The van der Waals surface area contributed by atoms with E-state index in [1.54, 1.807) is 41.3 Å². The number of aryl methyl sites for hydroxylation is 1. The molecule has 0 radical (unpaired) electrons. The molecule has 3 rings (SSSR count). The second-order valence-electron chi connectivity index (χ2n) is 7.99. The van der Waals surface area contributed by atoms with Gasteiger partial charge < -0.3 is 10.2 Å². The van der Waals surface area contributed by atoms with Crippen molar-refractivity contribution in [2.45, 2.75) is 44.6 Å². The van der Waals surface area contributed by atoms with Gasteiger partial charge in [-0.2, -0.15) is 4.31 Å². The highest BCUT2D eigenvalue weighted by Gasteiger charge is 2.37. The van der Waals surface area contributed by atoms with E-state index in [2.05, 4.69) is 5.32 Å². The molecular weight excluding hydrogens is 446 g/mol. The van der Waals surface area contributed by atoms with Crippen LogP contribution < -0.4 is 5.32 Å². The fraction of sp³-hybridized carbons (Fsp3) is 0.478. The molecule has 9 heteroatoms. The molecule has 174 valence electrons. The number of hydrogen-bond donors (Lipinski definition) is 1. The van der Waals surface area contributed by atoms with Crippen molar-refractivity contribution in [1.82, 2.24) is 14.5 Å². The first-order valence-corrected chi connectivity index (χ1v) is 13.3. The van der Waals surface area contributed by atoms with Crippen LogP contribution >= 0.6 is 11.3 Å². The van der Waals surface area contributed by atoms with Crippen molar-refractivity contribution < 1.29 is 18.0 Å². The van der Waals surface area contributed by atoms with Gasteiger partial charge in [0.1, 0.15) is 6.04 Å². The molecule has 1 fully saturated rings. The lowest BCUT2D eigenvalue weighted by Gasteiger charge is -2.36. The minimum Gasteiger partial charge on any atom is -0.341 e. The summed E-state index contributed by atoms with van der Waals surface area (Å²) >= 11 is 1.33. The average Bonchev–Trinajstić information content (AvgIpc) is 3.34. The Balaban J connectivity index is 1.74. The van der Waals surface area contributed by atoms with Gasteiger partial charge >= 0.3 is 0 Å². The highest BCUT2D eigenvalue weighted by atomic mass is 32.2. The van der Waals surface area contributed by atoms with Crippen molar-refractivity contribution in [1.29, 1.82) is 0 Å². The van der Waals surface area contributed by atoms with Crippen LogP contribution in [-0.2, 0) is 14.8 Å². The van der Waals surface area contributed by atoms with E-state index in [9.17, 15) is 18.0 Å². The first-order chi connectivity index (χ1) is 15.3. The van der Waals surface area contributed by atoms with E-state index in [1.165, 1.54) is 15.6 Å². The van der Waals surface area contributed by atoms with Crippen molar-refractivity contribution in [2.24, 2.45) is 5.92 Å². The number of piperidine rings is 1. The number of likely N-dealkylation sites (N-methyl/N-ethyl adjacent to an activating group) is 1. The number of carbonyl (C=O) groups is 2. The lowest BCUT2D eigenvalue weighted by atomic mass is 9.89. The normalized spacial score (nSPS) is 16.5. The molecule has 0 saturated carbocycles. The van der Waals surface area contributed by atoms with Gasteiger partial charge in [-0.1, -0.05) is 23.8 Å². The summed E-state index contributed by atoms with van der Waals surface area (Å²) in [6.07, 6.45) is 1.01. The number of nitrogens with one attached hydrogen (secondary N) is 1. The first-order valence-electron chi connectivity index (χ1n) is 11.0. The van der Waals surface area contributed by atoms with Crippen molar-refractivity contribution in [2.75, 3.05) is 26.2 Å². The third-order valence-corrected chi connectivity index (χ3v) is 8.78. The van der Waals surface area contributed by atoms with Crippen LogP contribution in [0.3, 0.4) is 0 Å². The average molecular weight is 478 g/mol. The molecule has 32 heavy (non-hydrogen) atoms. The molecule has 2 heterocycles. The van der Waals surface area contributed by atoms with Crippen LogP contribution in [-0.4, -0.2) is 61.7 Å². The van der Waals surface area contributed by atoms with Gasteiger partial charge in [-0.25, -0.2) is 8.42 Å². The molecule has 0 unspecified atom stereocenters. The molecule has 1 aromatic heterocycles. The molecule has 1 atom stereocenters. The molecule has 1 aliphatic rings. The van der Waals surface area contributed by atoms with Crippen LogP contribution in [0.5, 0.6) is 0 Å². The van der Waals surface area contributed by atoms with Crippen LogP contribution in [0.2, 0.25) is 0 Å². The van der Waals surface area contributed by atoms with Crippen molar-refractivity contribution in [3.63, 3.8) is 0 Å². The summed E-state index contributed by atoms with van der Waals surface area (Å²) in [6.45, 7) is 7.49. The quantitative estimate of drug-likeness (QED) is 0.633. The number of rotatable bonds is 8. The maximum Gasteiger partial charge on any atom is 0.262 e. The zero-order chi connectivity index (χ0) is 23.3. The molecule has 7 nitrogen and oxygen atoms in total. The molecule has 1 aliphatic heterocycles. The second-order valence-corrected chi connectivity index (χ2v) is 10.9. The SMILES string of the molecule is CCN(CC)C(=O)[C@H](NC(=O)c1cccs1)C1CCN(S(=O)(=O)c2ccc(C)cc2)CC1. The van der Waals surface area contributed by atoms with Gasteiger partial charge in [0.15, 0.2) is 0 Å². The highest BCUT2D eigenvalue weighted by Crippen LogP contribution is 2.27. The Morgan fingerprint density at radius 1 is 1.12 bits per heavy atom. The smallest absolute Gasteiger partial charge is 0.262 e. The van der Waals surface area contributed by atoms with E-state index >= 15 is 0 Å². The summed E-state index contributed by atoms with van der Waals surface area (Å²) < 4.78 is 27.5. The molecule has 2 aromatic rings. The first kappa shape index (κ1) is 24.4. The summed E-state index contributed by atoms with van der Waals surface area (Å²) in [4.78, 5) is 28.5. The van der Waals surface area contributed by atoms with Gasteiger partial charge in [0, 0.05) is 26.2 Å². The number of hydrogen-bond acceptors (Lipinski definition) is 5. The van der Waals surface area contributed by atoms with Crippen LogP contribution in [0, 0.1) is 12.8 Å². The predicted octanol–water partition coefficient (Wildman–Crippen LogP) is 3.12. The van der Waals surface area contributed by atoms with E-state index in [-0.39, 0.29) is 22.6 Å². The topological polar surface area (TPSA) is 86.8 Å².